The molecule has 2 aliphatic rings. The van der Waals surface area contributed by atoms with Gasteiger partial charge in [-0.3, -0.25) is 9.59 Å². The van der Waals surface area contributed by atoms with Crippen LogP contribution < -0.4 is 10.6 Å². The van der Waals surface area contributed by atoms with E-state index >= 15 is 0 Å². The second-order valence-electron chi connectivity index (χ2n) is 4.34. The molecule has 0 aliphatic carbocycles. The number of rotatable bonds is 2. The van der Waals surface area contributed by atoms with E-state index in [1.807, 2.05) is 4.90 Å². The molecule has 0 radical (unpaired) electrons. The van der Waals surface area contributed by atoms with Gasteiger partial charge in [-0.15, -0.1) is 0 Å². The minimum absolute atomic E-state index is 0.00495. The number of hydrogen-bond acceptors (Lipinski definition) is 4. The van der Waals surface area contributed by atoms with Gasteiger partial charge in [0.2, 0.25) is 18.2 Å². The van der Waals surface area contributed by atoms with E-state index in [0.717, 1.165) is 25.9 Å². The molecule has 0 aromatic carbocycles. The van der Waals surface area contributed by atoms with Crippen molar-refractivity contribution in [2.45, 2.75) is 32.0 Å². The third-order valence-corrected chi connectivity index (χ3v) is 2.96. The van der Waals surface area contributed by atoms with Crippen molar-refractivity contribution in [3.8, 4) is 0 Å². The number of amides is 2. The van der Waals surface area contributed by atoms with Gasteiger partial charge in [-0.05, 0) is 19.3 Å². The van der Waals surface area contributed by atoms with Crippen LogP contribution in [-0.2, 0) is 9.59 Å². The Labute approximate surface area is 99.7 Å². The van der Waals surface area contributed by atoms with E-state index in [0.29, 0.717) is 5.70 Å². The van der Waals surface area contributed by atoms with Crippen LogP contribution in [0.15, 0.2) is 11.8 Å². The summed E-state index contributed by atoms with van der Waals surface area (Å²) >= 11 is 0. The summed E-state index contributed by atoms with van der Waals surface area (Å²) in [5.74, 6) is -0.372. The minimum Gasteiger partial charge on any atom is -0.356 e. The SMILES string of the molecule is O=C1C=C(CC(=O)N2CCCCC2)NC(O)N1. The molecule has 3 N–H and O–H groups in total. The van der Waals surface area contributed by atoms with Crippen LogP contribution in [0.4, 0.5) is 0 Å². The Balaban J connectivity index is 1.91. The third-order valence-electron chi connectivity index (χ3n) is 2.96. The molecule has 6 heteroatoms. The number of carbonyl (C=O) groups excluding carboxylic acids is 2. The van der Waals surface area contributed by atoms with E-state index in [9.17, 15) is 14.7 Å². The maximum absolute atomic E-state index is 11.9. The summed E-state index contributed by atoms with van der Waals surface area (Å²) in [6, 6.07) is 0. The van der Waals surface area contributed by atoms with E-state index in [1.54, 1.807) is 0 Å². The molecule has 94 valence electrons. The summed E-state index contributed by atoms with van der Waals surface area (Å²) in [6.45, 7) is 1.59. The molecular weight excluding hydrogens is 222 g/mol. The van der Waals surface area contributed by atoms with Gasteiger partial charge in [0, 0.05) is 24.9 Å². The highest BCUT2D eigenvalue weighted by Gasteiger charge is 2.21. The number of carbonyl (C=O) groups is 2. The van der Waals surface area contributed by atoms with Crippen molar-refractivity contribution in [2.24, 2.45) is 0 Å². The maximum Gasteiger partial charge on any atom is 0.249 e. The van der Waals surface area contributed by atoms with Crippen molar-refractivity contribution in [1.29, 1.82) is 0 Å². The average Bonchev–Trinajstić information content (AvgIpc) is 2.28. The van der Waals surface area contributed by atoms with Crippen molar-refractivity contribution in [3.05, 3.63) is 11.8 Å². The lowest BCUT2D eigenvalue weighted by Gasteiger charge is -2.28. The van der Waals surface area contributed by atoms with Gasteiger partial charge < -0.3 is 20.6 Å². The standard InChI is InChI=1S/C11H17N3O3/c15-9-6-8(12-11(17)13-9)7-10(16)14-4-2-1-3-5-14/h6,11-12,17H,1-5,7H2,(H,13,15). The Morgan fingerprint density at radius 3 is 2.71 bits per heavy atom. The first kappa shape index (κ1) is 11.9. The molecule has 2 heterocycles. The number of hydrogen-bond donors (Lipinski definition) is 3. The predicted octanol–water partition coefficient (Wildman–Crippen LogP) is -0.732. The van der Waals surface area contributed by atoms with Crippen LogP contribution in [0.1, 0.15) is 25.7 Å². The van der Waals surface area contributed by atoms with E-state index in [4.69, 9.17) is 0 Å². The summed E-state index contributed by atoms with van der Waals surface area (Å²) in [4.78, 5) is 24.9. The largest absolute Gasteiger partial charge is 0.356 e. The number of piperidine rings is 1. The van der Waals surface area contributed by atoms with E-state index in [1.165, 1.54) is 12.5 Å². The van der Waals surface area contributed by atoms with Crippen LogP contribution in [-0.4, -0.2) is 41.3 Å². The summed E-state index contributed by atoms with van der Waals surface area (Å²) < 4.78 is 0. The highest BCUT2D eigenvalue weighted by molar-refractivity contribution is 5.90. The Morgan fingerprint density at radius 1 is 1.35 bits per heavy atom. The van der Waals surface area contributed by atoms with E-state index < -0.39 is 6.35 Å². The zero-order valence-corrected chi connectivity index (χ0v) is 9.61. The van der Waals surface area contributed by atoms with Gasteiger partial charge in [-0.25, -0.2) is 0 Å². The van der Waals surface area contributed by atoms with E-state index in [-0.39, 0.29) is 18.2 Å². The maximum atomic E-state index is 11.9. The van der Waals surface area contributed by atoms with Crippen molar-refractivity contribution in [1.82, 2.24) is 15.5 Å². The molecule has 0 aromatic heterocycles. The Morgan fingerprint density at radius 2 is 2.06 bits per heavy atom. The molecule has 0 aromatic rings. The Bertz CT molecular complexity index is 348. The van der Waals surface area contributed by atoms with Crippen LogP contribution in [0.2, 0.25) is 0 Å². The van der Waals surface area contributed by atoms with Gasteiger partial charge >= 0.3 is 0 Å². The summed E-state index contributed by atoms with van der Waals surface area (Å²) in [5, 5.41) is 14.2. The number of likely N-dealkylation sites (tertiary alicyclic amines) is 1. The average molecular weight is 239 g/mol. The molecule has 0 spiro atoms. The van der Waals surface area contributed by atoms with Crippen molar-refractivity contribution in [2.75, 3.05) is 13.1 Å². The van der Waals surface area contributed by atoms with Crippen LogP contribution in [0, 0.1) is 0 Å². The van der Waals surface area contributed by atoms with Gasteiger partial charge in [0.15, 0.2) is 0 Å². The predicted molar refractivity (Wildman–Crippen MR) is 60.4 cm³/mol. The molecule has 2 rings (SSSR count). The lowest BCUT2D eigenvalue weighted by molar-refractivity contribution is -0.131. The summed E-state index contributed by atoms with van der Waals surface area (Å²) in [5.41, 5.74) is 0.469. The zero-order chi connectivity index (χ0) is 12.3. The molecule has 17 heavy (non-hydrogen) atoms. The monoisotopic (exact) mass is 239 g/mol. The lowest BCUT2D eigenvalue weighted by atomic mass is 10.1. The van der Waals surface area contributed by atoms with Crippen molar-refractivity contribution in [3.63, 3.8) is 0 Å². The van der Waals surface area contributed by atoms with Gasteiger partial charge in [0.25, 0.3) is 0 Å². The first-order valence-corrected chi connectivity index (χ1v) is 5.88. The highest BCUT2D eigenvalue weighted by atomic mass is 16.3. The smallest absolute Gasteiger partial charge is 0.249 e. The Kier molecular flexibility index (Phi) is 3.63. The third kappa shape index (κ3) is 3.20. The number of aliphatic hydroxyl groups is 1. The highest BCUT2D eigenvalue weighted by Crippen LogP contribution is 2.12. The molecule has 0 bridgehead atoms. The van der Waals surface area contributed by atoms with Crippen molar-refractivity contribution < 1.29 is 14.7 Å². The molecule has 1 unspecified atom stereocenters. The zero-order valence-electron chi connectivity index (χ0n) is 9.61. The quantitative estimate of drug-likeness (QED) is 0.593. The molecule has 1 fully saturated rings. The normalized spacial score (nSPS) is 24.8. The second kappa shape index (κ2) is 5.18. The first-order chi connectivity index (χ1) is 8.15. The molecule has 0 saturated carbocycles. The first-order valence-electron chi connectivity index (χ1n) is 5.88. The summed E-state index contributed by atoms with van der Waals surface area (Å²) in [7, 11) is 0. The molecule has 1 atom stereocenters. The fraction of sp³-hybridized carbons (Fsp3) is 0.636. The number of nitrogens with one attached hydrogen (secondary N) is 2. The van der Waals surface area contributed by atoms with Crippen LogP contribution in [0.3, 0.4) is 0 Å². The van der Waals surface area contributed by atoms with Gasteiger partial charge in [-0.1, -0.05) is 0 Å². The molecule has 1 saturated heterocycles. The second-order valence-corrected chi connectivity index (χ2v) is 4.34. The number of aliphatic hydroxyl groups excluding tert-OH is 1. The topological polar surface area (TPSA) is 81.7 Å². The van der Waals surface area contributed by atoms with E-state index in [2.05, 4.69) is 10.6 Å². The Hall–Kier alpha value is -1.56. The van der Waals surface area contributed by atoms with Gasteiger partial charge in [-0.2, -0.15) is 0 Å². The molecule has 6 nitrogen and oxygen atoms in total. The molecular formula is C11H17N3O3. The lowest BCUT2D eigenvalue weighted by Crippen LogP contribution is -2.49. The molecule has 2 aliphatic heterocycles. The van der Waals surface area contributed by atoms with Gasteiger partial charge in [0.05, 0.1) is 6.42 Å². The molecule has 2 amide bonds. The van der Waals surface area contributed by atoms with Crippen LogP contribution in [0.5, 0.6) is 0 Å². The fourth-order valence-electron chi connectivity index (χ4n) is 2.11. The number of nitrogens with zero attached hydrogens (tertiary/aromatic N) is 1. The van der Waals surface area contributed by atoms with Crippen LogP contribution >= 0.6 is 0 Å². The van der Waals surface area contributed by atoms with Gasteiger partial charge in [0.1, 0.15) is 0 Å². The summed E-state index contributed by atoms with van der Waals surface area (Å²) in [6.07, 6.45) is 3.62. The minimum atomic E-state index is -1.10. The van der Waals surface area contributed by atoms with Crippen LogP contribution in [0.25, 0.3) is 0 Å². The van der Waals surface area contributed by atoms with Crippen molar-refractivity contribution >= 4 is 11.8 Å². The fourth-order valence-corrected chi connectivity index (χ4v) is 2.11.